The highest BCUT2D eigenvalue weighted by Crippen LogP contribution is 1.94. The molecule has 1 heterocycles. The summed E-state index contributed by atoms with van der Waals surface area (Å²) in [4.78, 5) is 3.91. The second-order valence-corrected chi connectivity index (χ2v) is 2.56. The number of hydrogen-bond donors (Lipinski definition) is 1. The summed E-state index contributed by atoms with van der Waals surface area (Å²) in [6.07, 6.45) is 6.19. The topological polar surface area (TPSA) is 53.6 Å². The zero-order valence-electron chi connectivity index (χ0n) is 7.07. The van der Waals surface area contributed by atoms with Gasteiger partial charge in [0.25, 0.3) is 0 Å². The van der Waals surface area contributed by atoms with Crippen LogP contribution in [-0.2, 0) is 6.54 Å². The lowest BCUT2D eigenvalue weighted by Crippen LogP contribution is -2.24. The van der Waals surface area contributed by atoms with E-state index < -0.39 is 0 Å². The van der Waals surface area contributed by atoms with Gasteiger partial charge in [0.15, 0.2) is 0 Å². The van der Waals surface area contributed by atoms with Gasteiger partial charge < -0.3 is 9.88 Å². The summed E-state index contributed by atoms with van der Waals surface area (Å²) in [6, 6.07) is 2.11. The molecular weight excluding hydrogens is 152 g/mol. The number of imidazole rings is 1. The first kappa shape index (κ1) is 8.75. The van der Waals surface area contributed by atoms with E-state index in [1.807, 2.05) is 10.8 Å². The van der Waals surface area contributed by atoms with Gasteiger partial charge in [0.2, 0.25) is 0 Å². The van der Waals surface area contributed by atoms with Gasteiger partial charge >= 0.3 is 0 Å². The van der Waals surface area contributed by atoms with Crippen molar-refractivity contribution < 1.29 is 0 Å². The Morgan fingerprint density at radius 3 is 3.08 bits per heavy atom. The third-order valence-corrected chi connectivity index (χ3v) is 1.74. The Morgan fingerprint density at radius 2 is 2.58 bits per heavy atom. The Morgan fingerprint density at radius 1 is 1.75 bits per heavy atom. The number of nitrogens with zero attached hydrogens (tertiary/aromatic N) is 3. The average Bonchev–Trinajstić information content (AvgIpc) is 2.59. The Kier molecular flexibility index (Phi) is 3.30. The molecule has 4 heteroatoms. The number of nitrogens with one attached hydrogen (secondary N) is 1. The number of hydrogen-bond acceptors (Lipinski definition) is 3. The Bertz CT molecular complexity index is 247. The van der Waals surface area contributed by atoms with E-state index in [1.165, 1.54) is 0 Å². The van der Waals surface area contributed by atoms with E-state index in [0.29, 0.717) is 0 Å². The fourth-order valence-electron chi connectivity index (χ4n) is 0.971. The van der Waals surface area contributed by atoms with Gasteiger partial charge in [-0.3, -0.25) is 0 Å². The van der Waals surface area contributed by atoms with Crippen LogP contribution in [0.15, 0.2) is 18.7 Å². The number of aromatic nitrogens is 2. The van der Waals surface area contributed by atoms with Crippen molar-refractivity contribution >= 4 is 0 Å². The van der Waals surface area contributed by atoms with Crippen LogP contribution in [0, 0.1) is 11.3 Å². The molecule has 0 saturated carbocycles. The van der Waals surface area contributed by atoms with E-state index in [9.17, 15) is 0 Å². The van der Waals surface area contributed by atoms with Crippen LogP contribution < -0.4 is 5.32 Å². The molecule has 1 unspecified atom stereocenters. The first-order valence-electron chi connectivity index (χ1n) is 3.89. The predicted molar refractivity (Wildman–Crippen MR) is 45.3 cm³/mol. The molecule has 0 fully saturated rings. The maximum atomic E-state index is 8.62. The molecule has 12 heavy (non-hydrogen) atoms. The van der Waals surface area contributed by atoms with Crippen molar-refractivity contribution in [3.05, 3.63) is 18.7 Å². The van der Waals surface area contributed by atoms with Crippen LogP contribution in [0.5, 0.6) is 0 Å². The minimum absolute atomic E-state index is 0.0626. The largest absolute Gasteiger partial charge is 0.337 e. The molecular formula is C8H12N4. The molecule has 0 aliphatic carbocycles. The zero-order valence-corrected chi connectivity index (χ0v) is 7.07. The van der Waals surface area contributed by atoms with Crippen LogP contribution in [0.3, 0.4) is 0 Å². The van der Waals surface area contributed by atoms with Crippen LogP contribution in [0.25, 0.3) is 0 Å². The molecule has 0 radical (unpaired) electrons. The molecule has 1 aromatic heterocycles. The van der Waals surface area contributed by atoms with E-state index in [2.05, 4.69) is 16.4 Å². The third kappa shape index (κ3) is 2.36. The van der Waals surface area contributed by atoms with Gasteiger partial charge in [-0.25, -0.2) is 4.98 Å². The number of rotatable bonds is 4. The first-order valence-corrected chi connectivity index (χ1v) is 3.89. The van der Waals surface area contributed by atoms with Crippen molar-refractivity contribution in [3.63, 3.8) is 0 Å². The fraction of sp³-hybridized carbons (Fsp3) is 0.500. The van der Waals surface area contributed by atoms with Crippen LogP contribution in [0.4, 0.5) is 0 Å². The van der Waals surface area contributed by atoms with Gasteiger partial charge in [-0.2, -0.15) is 5.26 Å². The lowest BCUT2D eigenvalue weighted by molar-refractivity contribution is 0.551. The minimum Gasteiger partial charge on any atom is -0.337 e. The summed E-state index contributed by atoms with van der Waals surface area (Å²) in [7, 11) is 1.79. The molecule has 0 aliphatic heterocycles. The molecule has 1 atom stereocenters. The first-order chi connectivity index (χ1) is 5.86. The summed E-state index contributed by atoms with van der Waals surface area (Å²) >= 11 is 0. The third-order valence-electron chi connectivity index (χ3n) is 1.74. The highest BCUT2D eigenvalue weighted by Gasteiger charge is 2.02. The molecule has 0 amide bonds. The Balaban J connectivity index is 2.31. The highest BCUT2D eigenvalue weighted by atomic mass is 15.0. The molecule has 0 aromatic carbocycles. The zero-order chi connectivity index (χ0) is 8.81. The van der Waals surface area contributed by atoms with Crippen LogP contribution >= 0.6 is 0 Å². The van der Waals surface area contributed by atoms with Crippen LogP contribution in [-0.4, -0.2) is 22.6 Å². The summed E-state index contributed by atoms with van der Waals surface area (Å²) in [5.41, 5.74) is 0. The Labute approximate surface area is 71.8 Å². The molecule has 1 N–H and O–H groups in total. The summed E-state index contributed by atoms with van der Waals surface area (Å²) in [5, 5.41) is 11.5. The van der Waals surface area contributed by atoms with Crippen LogP contribution in [0.1, 0.15) is 6.42 Å². The van der Waals surface area contributed by atoms with Crippen molar-refractivity contribution in [1.82, 2.24) is 14.9 Å². The van der Waals surface area contributed by atoms with E-state index in [1.54, 1.807) is 19.6 Å². The predicted octanol–water partition coefficient (Wildman–Crippen LogP) is 0.385. The van der Waals surface area contributed by atoms with Gasteiger partial charge in [-0.15, -0.1) is 0 Å². The number of nitriles is 1. The molecule has 4 nitrogen and oxygen atoms in total. The van der Waals surface area contributed by atoms with Gasteiger partial charge in [0.1, 0.15) is 0 Å². The van der Waals surface area contributed by atoms with Crippen molar-refractivity contribution in [1.29, 1.82) is 5.26 Å². The van der Waals surface area contributed by atoms with Crippen molar-refractivity contribution in [2.75, 3.05) is 7.05 Å². The van der Waals surface area contributed by atoms with Crippen molar-refractivity contribution in [2.24, 2.45) is 0 Å². The molecule has 0 bridgehead atoms. The fourth-order valence-corrected chi connectivity index (χ4v) is 0.971. The minimum atomic E-state index is -0.0626. The molecule has 1 rings (SSSR count). The van der Waals surface area contributed by atoms with E-state index in [4.69, 9.17) is 5.26 Å². The molecule has 0 aliphatic rings. The van der Waals surface area contributed by atoms with Gasteiger partial charge in [0.05, 0.1) is 18.4 Å². The van der Waals surface area contributed by atoms with E-state index >= 15 is 0 Å². The summed E-state index contributed by atoms with van der Waals surface area (Å²) in [5.74, 6) is 0. The quantitative estimate of drug-likeness (QED) is 0.700. The maximum Gasteiger partial charge on any atom is 0.0967 e. The second-order valence-electron chi connectivity index (χ2n) is 2.56. The molecule has 64 valence electrons. The van der Waals surface area contributed by atoms with Crippen molar-refractivity contribution in [2.45, 2.75) is 19.0 Å². The molecule has 0 spiro atoms. The summed E-state index contributed by atoms with van der Waals surface area (Å²) in [6.45, 7) is 0.832. The van der Waals surface area contributed by atoms with E-state index in [-0.39, 0.29) is 6.04 Å². The number of aryl methyl sites for hydroxylation is 1. The molecule has 0 saturated heterocycles. The monoisotopic (exact) mass is 164 g/mol. The smallest absolute Gasteiger partial charge is 0.0967 e. The SMILES string of the molecule is CNC(C#N)CCn1ccnc1. The highest BCUT2D eigenvalue weighted by molar-refractivity contribution is 4.88. The van der Waals surface area contributed by atoms with Gasteiger partial charge in [0, 0.05) is 18.9 Å². The van der Waals surface area contributed by atoms with Crippen LogP contribution in [0.2, 0.25) is 0 Å². The Hall–Kier alpha value is -1.34. The summed E-state index contributed by atoms with van der Waals surface area (Å²) < 4.78 is 1.96. The molecule has 1 aromatic rings. The van der Waals surface area contributed by atoms with Gasteiger partial charge in [-0.1, -0.05) is 0 Å². The standard InChI is InChI=1S/C8H12N4/c1-10-8(6-9)2-4-12-5-3-11-7-12/h3,5,7-8,10H,2,4H2,1H3. The van der Waals surface area contributed by atoms with E-state index in [0.717, 1.165) is 13.0 Å². The van der Waals surface area contributed by atoms with Crippen molar-refractivity contribution in [3.8, 4) is 6.07 Å². The normalized spacial score (nSPS) is 12.3. The average molecular weight is 164 g/mol. The lowest BCUT2D eigenvalue weighted by Gasteiger charge is -2.06. The maximum absolute atomic E-state index is 8.62. The second kappa shape index (κ2) is 4.52. The lowest BCUT2D eigenvalue weighted by atomic mass is 10.2. The van der Waals surface area contributed by atoms with Gasteiger partial charge in [-0.05, 0) is 13.5 Å².